The number of nitro groups is 1. The molecule has 0 spiro atoms. The van der Waals surface area contributed by atoms with E-state index in [4.69, 9.17) is 0 Å². The molecule has 2 atom stereocenters. The second-order valence-electron chi connectivity index (χ2n) is 5.54. The topological polar surface area (TPSA) is 55.2 Å². The van der Waals surface area contributed by atoms with Crippen LogP contribution in [0.3, 0.4) is 0 Å². The van der Waals surface area contributed by atoms with E-state index < -0.39 is 0 Å². The minimum absolute atomic E-state index is 0.149. The number of benzene rings is 1. The second kappa shape index (κ2) is 7.07. The molecule has 20 heavy (non-hydrogen) atoms. The van der Waals surface area contributed by atoms with E-state index in [0.29, 0.717) is 11.7 Å². The van der Waals surface area contributed by atoms with E-state index in [1.54, 1.807) is 12.1 Å². The van der Waals surface area contributed by atoms with Gasteiger partial charge in [-0.15, -0.1) is 0 Å². The average Bonchev–Trinajstić information content (AvgIpc) is 2.65. The summed E-state index contributed by atoms with van der Waals surface area (Å²) in [5.74, 6) is 0.821. The molecule has 4 nitrogen and oxygen atoms in total. The molecule has 1 aliphatic rings. The van der Waals surface area contributed by atoms with Crippen molar-refractivity contribution in [1.29, 1.82) is 0 Å². The Kier molecular flexibility index (Phi) is 5.40. The number of hydrogen-bond donors (Lipinski definition) is 1. The Bertz CT molecular complexity index is 479. The predicted molar refractivity (Wildman–Crippen MR) is 85.1 cm³/mol. The van der Waals surface area contributed by atoms with Crippen LogP contribution in [0.25, 0.3) is 0 Å². The second-order valence-corrected chi connectivity index (χ2v) is 6.46. The fourth-order valence-corrected chi connectivity index (χ4v) is 3.28. The Morgan fingerprint density at radius 2 is 2.15 bits per heavy atom. The van der Waals surface area contributed by atoms with Gasteiger partial charge in [-0.25, -0.2) is 0 Å². The lowest BCUT2D eigenvalue weighted by molar-refractivity contribution is -0.384. The molecule has 1 aromatic rings. The highest BCUT2D eigenvalue weighted by Crippen LogP contribution is 2.32. The summed E-state index contributed by atoms with van der Waals surface area (Å²) in [6.45, 7) is 2.25. The summed E-state index contributed by atoms with van der Waals surface area (Å²) in [4.78, 5) is 10.8. The van der Waals surface area contributed by atoms with Crippen molar-refractivity contribution in [2.45, 2.75) is 51.5 Å². The van der Waals surface area contributed by atoms with Crippen LogP contribution in [0.15, 0.2) is 22.7 Å². The first-order chi connectivity index (χ1) is 9.60. The summed E-state index contributed by atoms with van der Waals surface area (Å²) in [5.41, 5.74) is 0.786. The number of halogens is 1. The minimum Gasteiger partial charge on any atom is -0.377 e. The number of anilines is 1. The van der Waals surface area contributed by atoms with Gasteiger partial charge >= 0.3 is 0 Å². The van der Waals surface area contributed by atoms with E-state index in [2.05, 4.69) is 28.2 Å². The molecule has 0 saturated heterocycles. The number of rotatable bonds is 4. The van der Waals surface area contributed by atoms with Gasteiger partial charge in [-0.2, -0.15) is 0 Å². The molecule has 1 aliphatic carbocycles. The zero-order valence-corrected chi connectivity index (χ0v) is 13.4. The Balaban J connectivity index is 2.08. The number of nitro benzene ring substituents is 1. The zero-order chi connectivity index (χ0) is 14.5. The Labute approximate surface area is 128 Å². The van der Waals surface area contributed by atoms with Crippen molar-refractivity contribution in [2.75, 3.05) is 5.32 Å². The fraction of sp³-hybridized carbons (Fsp3) is 0.600. The molecule has 1 aromatic carbocycles. The molecule has 0 amide bonds. The Hall–Kier alpha value is -1.10. The Morgan fingerprint density at radius 3 is 2.85 bits per heavy atom. The average molecular weight is 341 g/mol. The van der Waals surface area contributed by atoms with Gasteiger partial charge in [0.05, 0.1) is 4.92 Å². The molecule has 1 fully saturated rings. The van der Waals surface area contributed by atoms with Gasteiger partial charge in [0.1, 0.15) is 5.69 Å². The van der Waals surface area contributed by atoms with Crippen molar-refractivity contribution < 1.29 is 4.92 Å². The summed E-state index contributed by atoms with van der Waals surface area (Å²) in [6.07, 6.45) is 7.16. The van der Waals surface area contributed by atoms with Crippen LogP contribution in [0.1, 0.15) is 45.4 Å². The standard InChI is InChI=1S/C15H21BrN2O2/c1-2-11-4-3-5-13(8-6-11)17-14-9-7-12(16)10-15(14)18(19)20/h7,9-11,13,17H,2-6,8H2,1H3. The third-order valence-electron chi connectivity index (χ3n) is 4.18. The van der Waals surface area contributed by atoms with E-state index in [9.17, 15) is 10.1 Å². The van der Waals surface area contributed by atoms with Gasteiger partial charge < -0.3 is 5.32 Å². The van der Waals surface area contributed by atoms with Crippen LogP contribution in [0.2, 0.25) is 0 Å². The summed E-state index contributed by atoms with van der Waals surface area (Å²) >= 11 is 3.29. The van der Waals surface area contributed by atoms with Gasteiger partial charge in [0.2, 0.25) is 0 Å². The van der Waals surface area contributed by atoms with Crippen molar-refractivity contribution >= 4 is 27.3 Å². The van der Waals surface area contributed by atoms with Crippen LogP contribution >= 0.6 is 15.9 Å². The molecular weight excluding hydrogens is 320 g/mol. The van der Waals surface area contributed by atoms with Crippen molar-refractivity contribution in [3.05, 3.63) is 32.8 Å². The van der Waals surface area contributed by atoms with Gasteiger partial charge in [0, 0.05) is 16.6 Å². The van der Waals surface area contributed by atoms with E-state index in [-0.39, 0.29) is 10.6 Å². The monoisotopic (exact) mass is 340 g/mol. The first-order valence-electron chi connectivity index (χ1n) is 7.30. The molecule has 0 bridgehead atoms. The van der Waals surface area contributed by atoms with Gasteiger partial charge in [-0.1, -0.05) is 42.1 Å². The highest BCUT2D eigenvalue weighted by Gasteiger charge is 2.21. The molecule has 1 saturated carbocycles. The molecule has 0 radical (unpaired) electrons. The molecule has 0 heterocycles. The molecule has 1 N–H and O–H groups in total. The Morgan fingerprint density at radius 1 is 1.35 bits per heavy atom. The van der Waals surface area contributed by atoms with Gasteiger partial charge in [-0.3, -0.25) is 10.1 Å². The fourth-order valence-electron chi connectivity index (χ4n) is 2.93. The largest absolute Gasteiger partial charge is 0.377 e. The van der Waals surface area contributed by atoms with Crippen LogP contribution < -0.4 is 5.32 Å². The molecular formula is C15H21BrN2O2. The van der Waals surface area contributed by atoms with Crippen LogP contribution in [-0.4, -0.2) is 11.0 Å². The van der Waals surface area contributed by atoms with E-state index in [0.717, 1.165) is 23.2 Å². The summed E-state index contributed by atoms with van der Waals surface area (Å²) in [6, 6.07) is 5.56. The van der Waals surface area contributed by atoms with Crippen molar-refractivity contribution in [2.24, 2.45) is 5.92 Å². The lowest BCUT2D eigenvalue weighted by atomic mass is 9.98. The van der Waals surface area contributed by atoms with Crippen LogP contribution in [0.5, 0.6) is 0 Å². The summed E-state index contributed by atoms with van der Waals surface area (Å²) in [7, 11) is 0. The van der Waals surface area contributed by atoms with Gasteiger partial charge in [-0.05, 0) is 37.3 Å². The highest BCUT2D eigenvalue weighted by molar-refractivity contribution is 9.10. The maximum Gasteiger partial charge on any atom is 0.293 e. The zero-order valence-electron chi connectivity index (χ0n) is 11.8. The number of nitrogens with zero attached hydrogens (tertiary/aromatic N) is 1. The smallest absolute Gasteiger partial charge is 0.293 e. The van der Waals surface area contributed by atoms with Gasteiger partial charge in [0.25, 0.3) is 5.69 Å². The third kappa shape index (κ3) is 3.95. The van der Waals surface area contributed by atoms with Crippen LogP contribution in [-0.2, 0) is 0 Å². The van der Waals surface area contributed by atoms with Crippen molar-refractivity contribution in [3.63, 3.8) is 0 Å². The lowest BCUT2D eigenvalue weighted by Gasteiger charge is -2.18. The maximum atomic E-state index is 11.1. The van der Waals surface area contributed by atoms with E-state index >= 15 is 0 Å². The molecule has 2 rings (SSSR count). The minimum atomic E-state index is -0.321. The molecule has 110 valence electrons. The lowest BCUT2D eigenvalue weighted by Crippen LogP contribution is -2.19. The summed E-state index contributed by atoms with van der Waals surface area (Å²) < 4.78 is 0.738. The first-order valence-corrected chi connectivity index (χ1v) is 8.10. The third-order valence-corrected chi connectivity index (χ3v) is 4.68. The van der Waals surface area contributed by atoms with E-state index in [1.165, 1.54) is 25.7 Å². The normalized spacial score (nSPS) is 23.1. The maximum absolute atomic E-state index is 11.1. The van der Waals surface area contributed by atoms with Crippen molar-refractivity contribution in [1.82, 2.24) is 0 Å². The highest BCUT2D eigenvalue weighted by atomic mass is 79.9. The van der Waals surface area contributed by atoms with Gasteiger partial charge in [0.15, 0.2) is 0 Å². The van der Waals surface area contributed by atoms with Crippen LogP contribution in [0.4, 0.5) is 11.4 Å². The van der Waals surface area contributed by atoms with E-state index in [1.807, 2.05) is 6.07 Å². The van der Waals surface area contributed by atoms with Crippen molar-refractivity contribution in [3.8, 4) is 0 Å². The number of hydrogen-bond acceptors (Lipinski definition) is 3. The van der Waals surface area contributed by atoms with Crippen LogP contribution in [0, 0.1) is 16.0 Å². The SMILES string of the molecule is CCC1CCCC(Nc2ccc(Br)cc2[N+](=O)[O-])CC1. The molecule has 0 aromatic heterocycles. The molecule has 0 aliphatic heterocycles. The molecule has 5 heteroatoms. The number of nitrogens with one attached hydrogen (secondary N) is 1. The quantitative estimate of drug-likeness (QED) is 0.469. The first kappa shape index (κ1) is 15.3. The predicted octanol–water partition coefficient (Wildman–Crippen LogP) is 5.13. The summed E-state index contributed by atoms with van der Waals surface area (Å²) in [5, 5.41) is 14.5. The molecule has 2 unspecified atom stereocenters.